The van der Waals surface area contributed by atoms with Gasteiger partial charge in [-0.05, 0) is 51.3 Å². The second-order valence-electron chi connectivity index (χ2n) is 7.23. The summed E-state index contributed by atoms with van der Waals surface area (Å²) in [4.78, 5) is 12.6. The van der Waals surface area contributed by atoms with Crippen LogP contribution in [0, 0.1) is 6.92 Å². The van der Waals surface area contributed by atoms with Crippen molar-refractivity contribution in [2.75, 3.05) is 6.54 Å². The van der Waals surface area contributed by atoms with Gasteiger partial charge in [-0.3, -0.25) is 4.79 Å². The van der Waals surface area contributed by atoms with E-state index in [1.807, 2.05) is 43.7 Å². The van der Waals surface area contributed by atoms with Crippen LogP contribution in [0.4, 0.5) is 0 Å². The van der Waals surface area contributed by atoms with Crippen molar-refractivity contribution >= 4 is 17.5 Å². The number of hydrogen-bond acceptors (Lipinski definition) is 3. The molecule has 5 nitrogen and oxygen atoms in total. The second-order valence-corrected chi connectivity index (χ2v) is 7.64. The highest BCUT2D eigenvalue weighted by molar-refractivity contribution is 6.31. The SMILES string of the molecule is Cc1ccc(-n2ncc(C(=O)NCC(C)(C)N)c2C2CC2)cc1Cl. The molecule has 1 aromatic heterocycles. The van der Waals surface area contributed by atoms with Crippen LogP contribution < -0.4 is 11.1 Å². The first-order valence-electron chi connectivity index (χ1n) is 8.18. The summed E-state index contributed by atoms with van der Waals surface area (Å²) in [6.07, 6.45) is 3.79. The highest BCUT2D eigenvalue weighted by atomic mass is 35.5. The van der Waals surface area contributed by atoms with Gasteiger partial charge in [0.15, 0.2) is 0 Å². The van der Waals surface area contributed by atoms with E-state index in [0.717, 1.165) is 29.8 Å². The lowest BCUT2D eigenvalue weighted by Crippen LogP contribution is -2.45. The van der Waals surface area contributed by atoms with Crippen molar-refractivity contribution in [3.8, 4) is 5.69 Å². The lowest BCUT2D eigenvalue weighted by Gasteiger charge is -2.19. The Morgan fingerprint density at radius 3 is 2.75 bits per heavy atom. The van der Waals surface area contributed by atoms with Crippen molar-refractivity contribution in [3.05, 3.63) is 46.2 Å². The van der Waals surface area contributed by atoms with Gasteiger partial charge in [0, 0.05) is 23.0 Å². The minimum Gasteiger partial charge on any atom is -0.350 e. The van der Waals surface area contributed by atoms with Crippen LogP contribution in [0.2, 0.25) is 5.02 Å². The number of rotatable bonds is 5. The van der Waals surface area contributed by atoms with Gasteiger partial charge in [0.1, 0.15) is 0 Å². The molecule has 1 aliphatic carbocycles. The molecule has 1 amide bonds. The van der Waals surface area contributed by atoms with E-state index in [9.17, 15) is 4.79 Å². The summed E-state index contributed by atoms with van der Waals surface area (Å²) in [5.41, 5.74) is 8.98. The van der Waals surface area contributed by atoms with Crippen LogP contribution in [0.15, 0.2) is 24.4 Å². The summed E-state index contributed by atoms with van der Waals surface area (Å²) < 4.78 is 1.84. The number of aromatic nitrogens is 2. The number of hydrogen-bond donors (Lipinski definition) is 2. The summed E-state index contributed by atoms with van der Waals surface area (Å²) in [5, 5.41) is 8.05. The van der Waals surface area contributed by atoms with Crippen LogP contribution in [0.1, 0.15) is 54.2 Å². The van der Waals surface area contributed by atoms with Crippen LogP contribution in [0.25, 0.3) is 5.69 Å². The summed E-state index contributed by atoms with van der Waals surface area (Å²) in [6.45, 7) is 6.14. The molecule has 1 aliphatic rings. The van der Waals surface area contributed by atoms with E-state index in [1.54, 1.807) is 6.20 Å². The van der Waals surface area contributed by atoms with Crippen molar-refractivity contribution in [1.29, 1.82) is 0 Å². The van der Waals surface area contributed by atoms with Crippen molar-refractivity contribution in [3.63, 3.8) is 0 Å². The average molecular weight is 347 g/mol. The Bertz CT molecular complexity index is 772. The number of benzene rings is 1. The molecule has 1 saturated carbocycles. The van der Waals surface area contributed by atoms with Crippen molar-refractivity contribution in [2.24, 2.45) is 5.73 Å². The molecule has 0 radical (unpaired) electrons. The molecule has 1 aromatic carbocycles. The van der Waals surface area contributed by atoms with E-state index in [2.05, 4.69) is 10.4 Å². The first-order valence-corrected chi connectivity index (χ1v) is 8.55. The summed E-state index contributed by atoms with van der Waals surface area (Å²) in [5.74, 6) is 0.249. The van der Waals surface area contributed by atoms with Gasteiger partial charge in [0.05, 0.1) is 23.1 Å². The molecule has 0 atom stereocenters. The lowest BCUT2D eigenvalue weighted by atomic mass is 10.1. The number of carbonyl (C=O) groups is 1. The largest absolute Gasteiger partial charge is 0.350 e. The molecule has 0 saturated heterocycles. The van der Waals surface area contributed by atoms with Gasteiger partial charge in [-0.15, -0.1) is 0 Å². The Morgan fingerprint density at radius 2 is 2.17 bits per heavy atom. The topological polar surface area (TPSA) is 72.9 Å². The maximum atomic E-state index is 12.6. The Balaban J connectivity index is 1.93. The van der Waals surface area contributed by atoms with E-state index in [1.165, 1.54) is 0 Å². The highest BCUT2D eigenvalue weighted by Gasteiger charge is 2.33. The molecular weight excluding hydrogens is 324 g/mol. The fourth-order valence-corrected chi connectivity index (χ4v) is 2.78. The second kappa shape index (κ2) is 6.22. The zero-order valence-electron chi connectivity index (χ0n) is 14.3. The molecule has 0 unspecified atom stereocenters. The Morgan fingerprint density at radius 1 is 1.46 bits per heavy atom. The van der Waals surface area contributed by atoms with Crippen LogP contribution in [-0.2, 0) is 0 Å². The number of carbonyl (C=O) groups excluding carboxylic acids is 1. The number of nitrogens with two attached hydrogens (primary N) is 1. The number of nitrogens with one attached hydrogen (secondary N) is 1. The Kier molecular flexibility index (Phi) is 4.40. The predicted molar refractivity (Wildman–Crippen MR) is 95.9 cm³/mol. The number of aryl methyl sites for hydroxylation is 1. The van der Waals surface area contributed by atoms with Gasteiger partial charge in [-0.1, -0.05) is 17.7 Å². The zero-order valence-corrected chi connectivity index (χ0v) is 15.0. The van der Waals surface area contributed by atoms with Gasteiger partial charge in [-0.2, -0.15) is 5.10 Å². The summed E-state index contributed by atoms with van der Waals surface area (Å²) in [6, 6.07) is 5.83. The zero-order chi connectivity index (χ0) is 17.5. The van der Waals surface area contributed by atoms with Crippen molar-refractivity contribution < 1.29 is 4.79 Å². The quantitative estimate of drug-likeness (QED) is 0.873. The molecule has 128 valence electrons. The smallest absolute Gasteiger partial charge is 0.254 e. The maximum absolute atomic E-state index is 12.6. The number of halogens is 1. The fraction of sp³-hybridized carbons (Fsp3) is 0.444. The third-order valence-corrected chi connectivity index (χ3v) is 4.53. The Labute approximate surface area is 147 Å². The molecular formula is C18H23ClN4O. The molecule has 1 fully saturated rings. The van der Waals surface area contributed by atoms with E-state index in [0.29, 0.717) is 23.0 Å². The van der Waals surface area contributed by atoms with Crippen molar-refractivity contribution in [2.45, 2.75) is 45.1 Å². The molecule has 3 rings (SSSR count). The molecule has 3 N–H and O–H groups in total. The molecule has 24 heavy (non-hydrogen) atoms. The lowest BCUT2D eigenvalue weighted by molar-refractivity contribution is 0.0945. The molecule has 0 bridgehead atoms. The van der Waals surface area contributed by atoms with Crippen molar-refractivity contribution in [1.82, 2.24) is 15.1 Å². The number of amides is 1. The van der Waals surface area contributed by atoms with Gasteiger partial charge in [-0.25, -0.2) is 4.68 Å². The maximum Gasteiger partial charge on any atom is 0.254 e. The minimum atomic E-state index is -0.449. The van der Waals surface area contributed by atoms with Crippen LogP contribution in [0.5, 0.6) is 0 Å². The standard InChI is InChI=1S/C18H23ClN4O/c1-11-4-7-13(8-15(11)19)23-16(12-5-6-12)14(9-22-23)17(24)21-10-18(2,3)20/h4,7-9,12H,5-6,10,20H2,1-3H3,(H,21,24). The van der Waals surface area contributed by atoms with Gasteiger partial charge in [0.25, 0.3) is 5.91 Å². The molecule has 0 aliphatic heterocycles. The summed E-state index contributed by atoms with van der Waals surface area (Å²) in [7, 11) is 0. The molecule has 1 heterocycles. The average Bonchev–Trinajstić information content (AvgIpc) is 3.25. The molecule has 2 aromatic rings. The van der Waals surface area contributed by atoms with E-state index in [-0.39, 0.29) is 5.91 Å². The third kappa shape index (κ3) is 3.62. The van der Waals surface area contributed by atoms with Gasteiger partial charge < -0.3 is 11.1 Å². The molecule has 6 heteroatoms. The first-order chi connectivity index (χ1) is 11.3. The minimum absolute atomic E-state index is 0.125. The van der Waals surface area contributed by atoms with Crippen LogP contribution in [-0.4, -0.2) is 27.8 Å². The van der Waals surface area contributed by atoms with Gasteiger partial charge >= 0.3 is 0 Å². The third-order valence-electron chi connectivity index (χ3n) is 4.12. The molecule has 0 spiro atoms. The van der Waals surface area contributed by atoms with E-state index >= 15 is 0 Å². The van der Waals surface area contributed by atoms with Crippen LogP contribution >= 0.6 is 11.6 Å². The fourth-order valence-electron chi connectivity index (χ4n) is 2.61. The van der Waals surface area contributed by atoms with Crippen LogP contribution in [0.3, 0.4) is 0 Å². The predicted octanol–water partition coefficient (Wildman–Crippen LogP) is 3.18. The number of nitrogens with zero attached hydrogens (tertiary/aromatic N) is 2. The summed E-state index contributed by atoms with van der Waals surface area (Å²) >= 11 is 6.25. The first kappa shape index (κ1) is 17.0. The van der Waals surface area contributed by atoms with Gasteiger partial charge in [0.2, 0.25) is 0 Å². The highest BCUT2D eigenvalue weighted by Crippen LogP contribution is 2.42. The normalized spacial score (nSPS) is 14.7. The van der Waals surface area contributed by atoms with E-state index in [4.69, 9.17) is 17.3 Å². The van der Waals surface area contributed by atoms with E-state index < -0.39 is 5.54 Å². The Hall–Kier alpha value is -1.85. The monoisotopic (exact) mass is 346 g/mol.